The first-order chi connectivity index (χ1) is 11.0. The molecule has 3 N–H and O–H groups in total. The molecule has 6 nitrogen and oxygen atoms in total. The van der Waals surface area contributed by atoms with Crippen molar-refractivity contribution < 1.29 is 14.3 Å². The summed E-state index contributed by atoms with van der Waals surface area (Å²) < 4.78 is 5.19. The van der Waals surface area contributed by atoms with E-state index in [4.69, 9.17) is 4.74 Å². The van der Waals surface area contributed by atoms with Crippen LogP contribution in [0.2, 0.25) is 0 Å². The summed E-state index contributed by atoms with van der Waals surface area (Å²) in [6, 6.07) is 6.37. The van der Waals surface area contributed by atoms with Gasteiger partial charge in [-0.1, -0.05) is 26.0 Å². The highest BCUT2D eigenvalue weighted by Gasteiger charge is 2.25. The van der Waals surface area contributed by atoms with Gasteiger partial charge in [-0.15, -0.1) is 0 Å². The Kier molecular flexibility index (Phi) is 8.11. The number of methoxy groups -OCH3 is 1. The van der Waals surface area contributed by atoms with Crippen molar-refractivity contribution in [3.05, 3.63) is 29.8 Å². The van der Waals surface area contributed by atoms with Gasteiger partial charge in [0.2, 0.25) is 5.91 Å². The van der Waals surface area contributed by atoms with Crippen LogP contribution in [0.5, 0.6) is 5.75 Å². The molecule has 0 radical (unpaired) electrons. The van der Waals surface area contributed by atoms with Gasteiger partial charge in [-0.25, -0.2) is 0 Å². The van der Waals surface area contributed by atoms with Crippen LogP contribution in [0.25, 0.3) is 0 Å². The number of rotatable bonds is 9. The maximum atomic E-state index is 12.4. The second-order valence-electron chi connectivity index (χ2n) is 5.64. The highest BCUT2D eigenvalue weighted by atomic mass is 16.5. The molecule has 1 atom stereocenters. The summed E-state index contributed by atoms with van der Waals surface area (Å²) in [5.74, 6) is -0.00855. The zero-order valence-corrected chi connectivity index (χ0v) is 14.3. The molecule has 0 aliphatic carbocycles. The Balaban J connectivity index is 2.71. The van der Waals surface area contributed by atoms with Crippen molar-refractivity contribution in [2.75, 3.05) is 27.2 Å². The second-order valence-corrected chi connectivity index (χ2v) is 5.64. The summed E-state index contributed by atoms with van der Waals surface area (Å²) in [6.45, 7) is 5.22. The lowest BCUT2D eigenvalue weighted by Crippen LogP contribution is -2.50. The van der Waals surface area contributed by atoms with E-state index in [9.17, 15) is 9.59 Å². The van der Waals surface area contributed by atoms with Gasteiger partial charge in [-0.3, -0.25) is 9.59 Å². The molecule has 1 rings (SSSR count). The van der Waals surface area contributed by atoms with Gasteiger partial charge < -0.3 is 20.7 Å². The summed E-state index contributed by atoms with van der Waals surface area (Å²) >= 11 is 0. The van der Waals surface area contributed by atoms with Crippen molar-refractivity contribution in [3.63, 3.8) is 0 Å². The highest BCUT2D eigenvalue weighted by Crippen LogP contribution is 2.17. The third-order valence-electron chi connectivity index (χ3n) is 3.49. The largest absolute Gasteiger partial charge is 0.496 e. The van der Waals surface area contributed by atoms with E-state index in [0.717, 1.165) is 13.0 Å². The van der Waals surface area contributed by atoms with Crippen LogP contribution < -0.4 is 20.7 Å². The molecule has 0 saturated carbocycles. The first kappa shape index (κ1) is 19.0. The maximum Gasteiger partial charge on any atom is 0.255 e. The second kappa shape index (κ2) is 9.84. The lowest BCUT2D eigenvalue weighted by Gasteiger charge is -2.22. The van der Waals surface area contributed by atoms with Crippen molar-refractivity contribution in [1.82, 2.24) is 16.0 Å². The van der Waals surface area contributed by atoms with E-state index >= 15 is 0 Å². The lowest BCUT2D eigenvalue weighted by molar-refractivity contribution is -0.123. The predicted molar refractivity (Wildman–Crippen MR) is 90.6 cm³/mol. The third-order valence-corrected chi connectivity index (χ3v) is 3.49. The summed E-state index contributed by atoms with van der Waals surface area (Å²) in [6.07, 6.45) is 0.841. The van der Waals surface area contributed by atoms with E-state index < -0.39 is 6.04 Å². The molecule has 0 bridgehead atoms. The van der Waals surface area contributed by atoms with E-state index in [1.165, 1.54) is 7.11 Å². The summed E-state index contributed by atoms with van der Waals surface area (Å²) in [4.78, 5) is 24.7. The summed E-state index contributed by atoms with van der Waals surface area (Å²) in [5.41, 5.74) is 0.420. The van der Waals surface area contributed by atoms with Gasteiger partial charge in [-0.2, -0.15) is 0 Å². The number of para-hydroxylation sites is 1. The van der Waals surface area contributed by atoms with Crippen LogP contribution in [0, 0.1) is 5.92 Å². The van der Waals surface area contributed by atoms with Crippen molar-refractivity contribution in [2.24, 2.45) is 5.92 Å². The van der Waals surface area contributed by atoms with Gasteiger partial charge in [0.1, 0.15) is 11.8 Å². The van der Waals surface area contributed by atoms with Gasteiger partial charge in [0.05, 0.1) is 12.7 Å². The Morgan fingerprint density at radius 3 is 2.48 bits per heavy atom. The Labute approximate surface area is 138 Å². The van der Waals surface area contributed by atoms with Gasteiger partial charge in [0.15, 0.2) is 0 Å². The molecule has 0 heterocycles. The van der Waals surface area contributed by atoms with E-state index in [-0.39, 0.29) is 17.7 Å². The maximum absolute atomic E-state index is 12.4. The predicted octanol–water partition coefficient (Wildman–Crippen LogP) is 1.18. The van der Waals surface area contributed by atoms with Crippen molar-refractivity contribution in [1.29, 1.82) is 0 Å². The topological polar surface area (TPSA) is 79.5 Å². The Morgan fingerprint density at radius 2 is 1.87 bits per heavy atom. The SMILES string of the molecule is CNCCCNC(=O)C(NC(=O)c1ccccc1OC)C(C)C. The van der Waals surface area contributed by atoms with Gasteiger partial charge >= 0.3 is 0 Å². The molecule has 0 aliphatic heterocycles. The number of hydrogen-bond donors (Lipinski definition) is 3. The molecule has 1 aromatic carbocycles. The highest BCUT2D eigenvalue weighted by molar-refractivity contribution is 5.99. The van der Waals surface area contributed by atoms with Crippen LogP contribution in [0.1, 0.15) is 30.6 Å². The zero-order chi connectivity index (χ0) is 17.2. The van der Waals surface area contributed by atoms with Crippen LogP contribution in [-0.2, 0) is 4.79 Å². The fourth-order valence-corrected chi connectivity index (χ4v) is 2.17. The van der Waals surface area contributed by atoms with Crippen molar-refractivity contribution in [3.8, 4) is 5.75 Å². The van der Waals surface area contributed by atoms with Crippen LogP contribution in [0.4, 0.5) is 0 Å². The Hall–Kier alpha value is -2.08. The van der Waals surface area contributed by atoms with E-state index in [2.05, 4.69) is 16.0 Å². The number of amides is 2. The van der Waals surface area contributed by atoms with E-state index in [0.29, 0.717) is 17.9 Å². The number of carbonyl (C=O) groups excluding carboxylic acids is 2. The lowest BCUT2D eigenvalue weighted by atomic mass is 10.0. The first-order valence-electron chi connectivity index (χ1n) is 7.87. The molecule has 1 aromatic rings. The molecule has 2 amide bonds. The molecule has 1 unspecified atom stereocenters. The van der Waals surface area contributed by atoms with Crippen LogP contribution >= 0.6 is 0 Å². The molecule has 0 aliphatic rings. The Morgan fingerprint density at radius 1 is 1.17 bits per heavy atom. The number of hydrogen-bond acceptors (Lipinski definition) is 4. The van der Waals surface area contributed by atoms with Crippen LogP contribution in [0.15, 0.2) is 24.3 Å². The average Bonchev–Trinajstić information content (AvgIpc) is 2.55. The minimum Gasteiger partial charge on any atom is -0.496 e. The number of carbonyl (C=O) groups is 2. The van der Waals surface area contributed by atoms with Gasteiger partial charge in [0.25, 0.3) is 5.91 Å². The standard InChI is InChI=1S/C17H27N3O3/c1-12(2)15(17(22)19-11-7-10-18-3)20-16(21)13-8-5-6-9-14(13)23-4/h5-6,8-9,12,15,18H,7,10-11H2,1-4H3,(H,19,22)(H,20,21). The molecule has 0 fully saturated rings. The number of ether oxygens (including phenoxy) is 1. The quantitative estimate of drug-likeness (QED) is 0.597. The molecule has 128 valence electrons. The zero-order valence-electron chi connectivity index (χ0n) is 14.3. The molecule has 0 aromatic heterocycles. The van der Waals surface area contributed by atoms with Gasteiger partial charge in [-0.05, 0) is 38.1 Å². The summed E-state index contributed by atoms with van der Waals surface area (Å²) in [5, 5.41) is 8.69. The smallest absolute Gasteiger partial charge is 0.255 e. The molecular weight excluding hydrogens is 294 g/mol. The molecule has 0 spiro atoms. The molecule has 0 saturated heterocycles. The average molecular weight is 321 g/mol. The molecule has 6 heteroatoms. The molecular formula is C17H27N3O3. The van der Waals surface area contributed by atoms with E-state index in [1.807, 2.05) is 20.9 Å². The first-order valence-corrected chi connectivity index (χ1v) is 7.87. The summed E-state index contributed by atoms with van der Waals surface area (Å²) in [7, 11) is 3.38. The van der Waals surface area contributed by atoms with Crippen LogP contribution in [0.3, 0.4) is 0 Å². The minimum atomic E-state index is -0.581. The number of benzene rings is 1. The monoisotopic (exact) mass is 321 g/mol. The normalized spacial score (nSPS) is 11.9. The van der Waals surface area contributed by atoms with Crippen molar-refractivity contribution >= 4 is 11.8 Å². The Bertz CT molecular complexity index is 518. The fourth-order valence-electron chi connectivity index (χ4n) is 2.17. The van der Waals surface area contributed by atoms with E-state index in [1.54, 1.807) is 24.3 Å². The third kappa shape index (κ3) is 5.90. The fraction of sp³-hybridized carbons (Fsp3) is 0.529. The minimum absolute atomic E-state index is 0.0158. The van der Waals surface area contributed by atoms with Gasteiger partial charge in [0, 0.05) is 6.54 Å². The molecule has 23 heavy (non-hydrogen) atoms. The van der Waals surface area contributed by atoms with Crippen molar-refractivity contribution in [2.45, 2.75) is 26.3 Å². The number of nitrogens with one attached hydrogen (secondary N) is 3. The van der Waals surface area contributed by atoms with Crippen LogP contribution in [-0.4, -0.2) is 45.1 Å².